The number of rotatable bonds is 5. The number of halogens is 1. The number of aliphatic hydroxyl groups excluding tert-OH is 1. The predicted molar refractivity (Wildman–Crippen MR) is 85.4 cm³/mol. The first-order valence-electron chi connectivity index (χ1n) is 6.45. The van der Waals surface area contributed by atoms with Gasteiger partial charge in [0.25, 0.3) is 10.0 Å². The minimum atomic E-state index is -3.59. The summed E-state index contributed by atoms with van der Waals surface area (Å²) in [4.78, 5) is 0.970. The molecular formula is C13H14ClNO3S3. The molecule has 3 rings (SSSR count). The molecule has 0 radical (unpaired) electrons. The van der Waals surface area contributed by atoms with Gasteiger partial charge in [0.2, 0.25) is 0 Å². The van der Waals surface area contributed by atoms with Crippen LogP contribution in [0.15, 0.2) is 33.9 Å². The highest BCUT2D eigenvalue weighted by Crippen LogP contribution is 2.40. The van der Waals surface area contributed by atoms with Gasteiger partial charge in [0, 0.05) is 4.88 Å². The standard InChI is InChI=1S/C13H14ClNO3S3/c14-11-3-4-12(20-11)21(17,18)15-13(8-6-9(16)7-8)10-2-1-5-19-10/h1-5,8-9,13,15-16H,6-7H2/t8?,9?,13-/m1/s1. The average Bonchev–Trinajstić information content (AvgIpc) is 3.03. The molecule has 2 aromatic heterocycles. The zero-order valence-corrected chi connectivity index (χ0v) is 14.1. The van der Waals surface area contributed by atoms with Crippen molar-refractivity contribution in [3.8, 4) is 0 Å². The summed E-state index contributed by atoms with van der Waals surface area (Å²) < 4.78 is 28.4. The summed E-state index contributed by atoms with van der Waals surface area (Å²) in [5.74, 6) is 0.129. The minimum Gasteiger partial charge on any atom is -0.393 e. The van der Waals surface area contributed by atoms with Gasteiger partial charge in [-0.25, -0.2) is 13.1 Å². The molecule has 1 fully saturated rings. The van der Waals surface area contributed by atoms with E-state index in [9.17, 15) is 13.5 Å². The van der Waals surface area contributed by atoms with Crippen LogP contribution in [0, 0.1) is 5.92 Å². The van der Waals surface area contributed by atoms with Crippen LogP contribution < -0.4 is 4.72 Å². The van der Waals surface area contributed by atoms with Gasteiger partial charge in [-0.3, -0.25) is 0 Å². The summed E-state index contributed by atoms with van der Waals surface area (Å²) in [6, 6.07) is 6.62. The van der Waals surface area contributed by atoms with Crippen LogP contribution in [0.2, 0.25) is 4.34 Å². The molecule has 0 amide bonds. The van der Waals surface area contributed by atoms with E-state index >= 15 is 0 Å². The fourth-order valence-corrected chi connectivity index (χ4v) is 6.15. The van der Waals surface area contributed by atoms with E-state index in [1.165, 1.54) is 17.4 Å². The van der Waals surface area contributed by atoms with Crippen molar-refractivity contribution in [3.05, 3.63) is 38.9 Å². The summed E-state index contributed by atoms with van der Waals surface area (Å²) in [6.07, 6.45) is 0.921. The molecule has 0 bridgehead atoms. The fourth-order valence-electron chi connectivity index (χ4n) is 2.42. The average molecular weight is 364 g/mol. The second-order valence-electron chi connectivity index (χ2n) is 5.06. The minimum absolute atomic E-state index is 0.129. The van der Waals surface area contributed by atoms with E-state index < -0.39 is 10.0 Å². The smallest absolute Gasteiger partial charge is 0.250 e. The van der Waals surface area contributed by atoms with Crippen LogP contribution in [0.25, 0.3) is 0 Å². The van der Waals surface area contributed by atoms with Crippen LogP contribution in [0.3, 0.4) is 0 Å². The quantitative estimate of drug-likeness (QED) is 0.856. The van der Waals surface area contributed by atoms with Gasteiger partial charge in [-0.05, 0) is 42.3 Å². The molecule has 1 aliphatic rings. The van der Waals surface area contributed by atoms with E-state index in [4.69, 9.17) is 11.6 Å². The van der Waals surface area contributed by atoms with Gasteiger partial charge < -0.3 is 5.11 Å². The molecule has 0 aromatic carbocycles. The maximum absolute atomic E-state index is 12.5. The first kappa shape index (κ1) is 15.5. The Bertz CT molecular complexity index is 705. The second kappa shape index (κ2) is 5.98. The summed E-state index contributed by atoms with van der Waals surface area (Å²) >= 11 is 8.38. The highest BCUT2D eigenvalue weighted by atomic mass is 35.5. The highest BCUT2D eigenvalue weighted by molar-refractivity contribution is 7.91. The normalized spacial score (nSPS) is 23.7. The lowest BCUT2D eigenvalue weighted by atomic mass is 9.77. The van der Waals surface area contributed by atoms with E-state index in [1.54, 1.807) is 6.07 Å². The number of nitrogens with one attached hydrogen (secondary N) is 1. The van der Waals surface area contributed by atoms with Gasteiger partial charge in [-0.1, -0.05) is 17.7 Å². The van der Waals surface area contributed by atoms with E-state index in [1.807, 2.05) is 17.5 Å². The molecule has 2 N–H and O–H groups in total. The zero-order chi connectivity index (χ0) is 15.0. The summed E-state index contributed by atoms with van der Waals surface area (Å²) in [6.45, 7) is 0. The van der Waals surface area contributed by atoms with E-state index in [-0.39, 0.29) is 22.3 Å². The molecule has 114 valence electrons. The Labute approximate surface area is 136 Å². The Kier molecular flexibility index (Phi) is 4.40. The Balaban J connectivity index is 1.84. The summed E-state index contributed by atoms with van der Waals surface area (Å²) in [5, 5.41) is 11.4. The number of hydrogen-bond acceptors (Lipinski definition) is 5. The molecule has 1 saturated carbocycles. The molecule has 0 unspecified atom stereocenters. The third kappa shape index (κ3) is 3.33. The van der Waals surface area contributed by atoms with Gasteiger partial charge in [-0.2, -0.15) is 0 Å². The topological polar surface area (TPSA) is 66.4 Å². The lowest BCUT2D eigenvalue weighted by Crippen LogP contribution is -2.40. The largest absolute Gasteiger partial charge is 0.393 e. The van der Waals surface area contributed by atoms with Crippen molar-refractivity contribution in [1.82, 2.24) is 4.72 Å². The van der Waals surface area contributed by atoms with Crippen LogP contribution in [0.4, 0.5) is 0 Å². The lowest BCUT2D eigenvalue weighted by molar-refractivity contribution is 0.0286. The molecule has 4 nitrogen and oxygen atoms in total. The molecule has 21 heavy (non-hydrogen) atoms. The first-order valence-corrected chi connectivity index (χ1v) is 10.0. The van der Waals surface area contributed by atoms with E-state index in [2.05, 4.69) is 4.72 Å². The second-order valence-corrected chi connectivity index (χ2v) is 9.69. The van der Waals surface area contributed by atoms with Crippen molar-refractivity contribution in [1.29, 1.82) is 0 Å². The van der Waals surface area contributed by atoms with Crippen molar-refractivity contribution >= 4 is 44.3 Å². The van der Waals surface area contributed by atoms with Crippen LogP contribution in [-0.4, -0.2) is 19.6 Å². The third-order valence-corrected chi connectivity index (χ3v) is 7.69. The molecule has 2 heterocycles. The zero-order valence-electron chi connectivity index (χ0n) is 10.9. The molecule has 1 atom stereocenters. The monoisotopic (exact) mass is 363 g/mol. The Hall–Kier alpha value is -0.440. The molecular weight excluding hydrogens is 350 g/mol. The van der Waals surface area contributed by atoms with Crippen molar-refractivity contribution in [2.75, 3.05) is 0 Å². The van der Waals surface area contributed by atoms with Gasteiger partial charge >= 0.3 is 0 Å². The molecule has 0 saturated heterocycles. The molecule has 2 aromatic rings. The van der Waals surface area contributed by atoms with Crippen LogP contribution in [0.5, 0.6) is 0 Å². The van der Waals surface area contributed by atoms with Crippen molar-refractivity contribution in [3.63, 3.8) is 0 Å². The molecule has 8 heteroatoms. The van der Waals surface area contributed by atoms with Gasteiger partial charge in [0.15, 0.2) is 0 Å². The maximum Gasteiger partial charge on any atom is 0.250 e. The SMILES string of the molecule is O=S(=O)(N[C@@H](c1cccs1)C1CC(O)C1)c1ccc(Cl)s1. The maximum atomic E-state index is 12.5. The third-order valence-electron chi connectivity index (χ3n) is 3.57. The Morgan fingerprint density at radius 2 is 2.10 bits per heavy atom. The molecule has 1 aliphatic carbocycles. The summed E-state index contributed by atoms with van der Waals surface area (Å²) in [5.41, 5.74) is 0. The lowest BCUT2D eigenvalue weighted by Gasteiger charge is -2.37. The first-order chi connectivity index (χ1) is 9.95. The fraction of sp³-hybridized carbons (Fsp3) is 0.385. The number of hydrogen-bond donors (Lipinski definition) is 2. The highest BCUT2D eigenvalue weighted by Gasteiger charge is 2.37. The molecule has 0 spiro atoms. The van der Waals surface area contributed by atoms with Crippen LogP contribution in [-0.2, 0) is 10.0 Å². The number of thiophene rings is 2. The van der Waals surface area contributed by atoms with Crippen molar-refractivity contribution < 1.29 is 13.5 Å². The van der Waals surface area contributed by atoms with Crippen LogP contribution in [0.1, 0.15) is 23.8 Å². The van der Waals surface area contributed by atoms with E-state index in [0.29, 0.717) is 17.2 Å². The number of aliphatic hydroxyl groups is 1. The van der Waals surface area contributed by atoms with Gasteiger partial charge in [-0.15, -0.1) is 22.7 Å². The number of sulfonamides is 1. The van der Waals surface area contributed by atoms with Crippen LogP contribution >= 0.6 is 34.3 Å². The van der Waals surface area contributed by atoms with Gasteiger partial charge in [0.05, 0.1) is 16.5 Å². The van der Waals surface area contributed by atoms with E-state index in [0.717, 1.165) is 16.2 Å². The Morgan fingerprint density at radius 3 is 2.62 bits per heavy atom. The Morgan fingerprint density at radius 1 is 1.33 bits per heavy atom. The van der Waals surface area contributed by atoms with Crippen molar-refractivity contribution in [2.24, 2.45) is 5.92 Å². The molecule has 0 aliphatic heterocycles. The van der Waals surface area contributed by atoms with Gasteiger partial charge in [0.1, 0.15) is 4.21 Å². The van der Waals surface area contributed by atoms with Crippen molar-refractivity contribution in [2.45, 2.75) is 29.2 Å². The summed E-state index contributed by atoms with van der Waals surface area (Å²) in [7, 11) is -3.59. The predicted octanol–water partition coefficient (Wildman–Crippen LogP) is 3.25.